The number of hydrogen-bond acceptors (Lipinski definition) is 3. The van der Waals surface area contributed by atoms with Crippen molar-refractivity contribution in [3.63, 3.8) is 0 Å². The molecule has 0 unspecified atom stereocenters. The summed E-state index contributed by atoms with van der Waals surface area (Å²) in [5, 5.41) is 9.62. The second-order valence-corrected chi connectivity index (χ2v) is 6.28. The van der Waals surface area contributed by atoms with E-state index in [9.17, 15) is 4.79 Å². The summed E-state index contributed by atoms with van der Waals surface area (Å²) in [5.41, 5.74) is 2.22. The lowest BCUT2D eigenvalue weighted by Gasteiger charge is -2.28. The number of carbonyl (C=O) groups excluding carboxylic acids is 1. The molecule has 3 heterocycles. The predicted molar refractivity (Wildman–Crippen MR) is 91.5 cm³/mol. The lowest BCUT2D eigenvalue weighted by atomic mass is 10.2. The van der Waals surface area contributed by atoms with Crippen molar-refractivity contribution >= 4 is 16.8 Å². The van der Waals surface area contributed by atoms with Crippen molar-refractivity contribution < 1.29 is 4.79 Å². The molecular formula is C18H21N5O. The van der Waals surface area contributed by atoms with Crippen molar-refractivity contribution in [2.45, 2.75) is 39.9 Å². The van der Waals surface area contributed by atoms with Gasteiger partial charge in [-0.15, -0.1) is 10.2 Å². The summed E-state index contributed by atoms with van der Waals surface area (Å²) < 4.78 is 4.23. The molecule has 0 fully saturated rings. The van der Waals surface area contributed by atoms with E-state index >= 15 is 0 Å². The first kappa shape index (κ1) is 14.9. The van der Waals surface area contributed by atoms with Crippen molar-refractivity contribution in [2.75, 3.05) is 6.54 Å². The molecule has 124 valence electrons. The third-order valence-electron chi connectivity index (χ3n) is 4.81. The van der Waals surface area contributed by atoms with Gasteiger partial charge in [-0.3, -0.25) is 4.79 Å². The Balaban J connectivity index is 1.55. The average molecular weight is 323 g/mol. The van der Waals surface area contributed by atoms with Crippen LogP contribution in [0, 0.1) is 6.92 Å². The van der Waals surface area contributed by atoms with Crippen LogP contribution in [0.1, 0.15) is 24.3 Å². The molecule has 1 aromatic carbocycles. The van der Waals surface area contributed by atoms with Gasteiger partial charge >= 0.3 is 0 Å². The SMILES string of the molecule is CCc1nnc2n1CCN(C(=O)Cn1c(C)cc3ccccc31)C2. The molecule has 0 aliphatic carbocycles. The minimum Gasteiger partial charge on any atom is -0.335 e. The summed E-state index contributed by atoms with van der Waals surface area (Å²) in [5.74, 6) is 2.02. The molecule has 0 spiro atoms. The summed E-state index contributed by atoms with van der Waals surface area (Å²) in [6.45, 7) is 6.54. The number of carbonyl (C=O) groups is 1. The Labute approximate surface area is 140 Å². The van der Waals surface area contributed by atoms with Crippen molar-refractivity contribution in [3.05, 3.63) is 47.7 Å². The molecule has 0 saturated heterocycles. The molecule has 0 atom stereocenters. The highest BCUT2D eigenvalue weighted by Crippen LogP contribution is 2.20. The lowest BCUT2D eigenvalue weighted by molar-refractivity contribution is -0.133. The van der Waals surface area contributed by atoms with Gasteiger partial charge in [-0.2, -0.15) is 0 Å². The molecule has 1 aliphatic rings. The third kappa shape index (κ3) is 2.38. The van der Waals surface area contributed by atoms with E-state index in [1.165, 1.54) is 5.39 Å². The largest absolute Gasteiger partial charge is 0.335 e. The van der Waals surface area contributed by atoms with E-state index < -0.39 is 0 Å². The van der Waals surface area contributed by atoms with Gasteiger partial charge < -0.3 is 14.0 Å². The first-order chi connectivity index (χ1) is 11.7. The Hall–Kier alpha value is -2.63. The number of aromatic nitrogens is 4. The van der Waals surface area contributed by atoms with Gasteiger partial charge in [-0.1, -0.05) is 25.1 Å². The van der Waals surface area contributed by atoms with Crippen LogP contribution in [-0.2, 0) is 30.8 Å². The Morgan fingerprint density at radius 1 is 1.21 bits per heavy atom. The highest BCUT2D eigenvalue weighted by atomic mass is 16.2. The first-order valence-electron chi connectivity index (χ1n) is 8.41. The summed E-state index contributed by atoms with van der Waals surface area (Å²) in [6.07, 6.45) is 0.871. The van der Waals surface area contributed by atoms with E-state index in [2.05, 4.69) is 44.5 Å². The second-order valence-electron chi connectivity index (χ2n) is 6.28. The van der Waals surface area contributed by atoms with Crippen LogP contribution in [0.3, 0.4) is 0 Å². The van der Waals surface area contributed by atoms with E-state index in [1.807, 2.05) is 24.0 Å². The average Bonchev–Trinajstić information content (AvgIpc) is 3.15. The minimum absolute atomic E-state index is 0.131. The molecule has 0 bridgehead atoms. The number of amides is 1. The van der Waals surface area contributed by atoms with Crippen LogP contribution in [0.15, 0.2) is 30.3 Å². The summed E-state index contributed by atoms with van der Waals surface area (Å²) in [4.78, 5) is 14.7. The van der Waals surface area contributed by atoms with Gasteiger partial charge in [0.15, 0.2) is 5.82 Å². The lowest BCUT2D eigenvalue weighted by Crippen LogP contribution is -2.40. The van der Waals surface area contributed by atoms with Crippen LogP contribution in [0.4, 0.5) is 0 Å². The zero-order valence-corrected chi connectivity index (χ0v) is 14.1. The maximum absolute atomic E-state index is 12.8. The molecule has 24 heavy (non-hydrogen) atoms. The number of benzene rings is 1. The fraction of sp³-hybridized carbons (Fsp3) is 0.389. The van der Waals surface area contributed by atoms with Gasteiger partial charge in [0.25, 0.3) is 0 Å². The molecule has 6 nitrogen and oxygen atoms in total. The fourth-order valence-electron chi connectivity index (χ4n) is 3.49. The van der Waals surface area contributed by atoms with Crippen LogP contribution in [-0.4, -0.2) is 36.7 Å². The van der Waals surface area contributed by atoms with Gasteiger partial charge in [0, 0.05) is 30.7 Å². The molecule has 0 radical (unpaired) electrons. The Kier molecular flexibility index (Phi) is 3.59. The molecule has 1 aliphatic heterocycles. The zero-order valence-electron chi connectivity index (χ0n) is 14.1. The van der Waals surface area contributed by atoms with Crippen molar-refractivity contribution in [2.24, 2.45) is 0 Å². The van der Waals surface area contributed by atoms with Gasteiger partial charge in [0.2, 0.25) is 5.91 Å². The Bertz CT molecular complexity index is 907. The molecule has 6 heteroatoms. The van der Waals surface area contributed by atoms with Gasteiger partial charge in [-0.05, 0) is 24.4 Å². The van der Waals surface area contributed by atoms with E-state index in [-0.39, 0.29) is 5.91 Å². The number of hydrogen-bond donors (Lipinski definition) is 0. The van der Waals surface area contributed by atoms with Crippen molar-refractivity contribution in [1.29, 1.82) is 0 Å². The van der Waals surface area contributed by atoms with Crippen molar-refractivity contribution in [1.82, 2.24) is 24.2 Å². The molecule has 0 N–H and O–H groups in total. The summed E-state index contributed by atoms with van der Waals surface area (Å²) >= 11 is 0. The molecule has 3 aromatic rings. The number of para-hydroxylation sites is 1. The van der Waals surface area contributed by atoms with Gasteiger partial charge in [-0.25, -0.2) is 0 Å². The molecule has 4 rings (SSSR count). The normalized spacial score (nSPS) is 14.2. The van der Waals surface area contributed by atoms with E-state index in [4.69, 9.17) is 0 Å². The van der Waals surface area contributed by atoms with Crippen LogP contribution in [0.25, 0.3) is 10.9 Å². The molecule has 0 saturated carbocycles. The van der Waals surface area contributed by atoms with Crippen LogP contribution in [0.2, 0.25) is 0 Å². The minimum atomic E-state index is 0.131. The second kappa shape index (κ2) is 5.78. The maximum Gasteiger partial charge on any atom is 0.242 e. The topological polar surface area (TPSA) is 56.0 Å². The Morgan fingerprint density at radius 2 is 2.04 bits per heavy atom. The number of aryl methyl sites for hydroxylation is 2. The number of nitrogens with zero attached hydrogens (tertiary/aromatic N) is 5. The highest BCUT2D eigenvalue weighted by Gasteiger charge is 2.24. The van der Waals surface area contributed by atoms with Gasteiger partial charge in [0.05, 0.1) is 6.54 Å². The molecular weight excluding hydrogens is 302 g/mol. The fourth-order valence-corrected chi connectivity index (χ4v) is 3.49. The van der Waals surface area contributed by atoms with E-state index in [0.29, 0.717) is 13.1 Å². The first-order valence-corrected chi connectivity index (χ1v) is 8.41. The van der Waals surface area contributed by atoms with Crippen LogP contribution >= 0.6 is 0 Å². The van der Waals surface area contributed by atoms with Crippen LogP contribution < -0.4 is 0 Å². The van der Waals surface area contributed by atoms with Gasteiger partial charge in [0.1, 0.15) is 12.4 Å². The quantitative estimate of drug-likeness (QED) is 0.742. The van der Waals surface area contributed by atoms with E-state index in [1.54, 1.807) is 0 Å². The number of fused-ring (bicyclic) bond motifs is 2. The molecule has 2 aromatic heterocycles. The number of rotatable bonds is 3. The Morgan fingerprint density at radius 3 is 2.88 bits per heavy atom. The monoisotopic (exact) mass is 323 g/mol. The zero-order chi connectivity index (χ0) is 16.7. The summed E-state index contributed by atoms with van der Waals surface area (Å²) in [6, 6.07) is 10.3. The molecule has 1 amide bonds. The smallest absolute Gasteiger partial charge is 0.242 e. The standard InChI is InChI=1S/C18H21N5O/c1-3-16-19-20-17-11-21(8-9-22(16)17)18(24)12-23-13(2)10-14-6-4-5-7-15(14)23/h4-7,10H,3,8-9,11-12H2,1-2H3. The van der Waals surface area contributed by atoms with Crippen LogP contribution in [0.5, 0.6) is 0 Å². The van der Waals surface area contributed by atoms with Crippen molar-refractivity contribution in [3.8, 4) is 0 Å². The maximum atomic E-state index is 12.8. The predicted octanol–water partition coefficient (Wildman–Crippen LogP) is 2.15. The highest BCUT2D eigenvalue weighted by molar-refractivity contribution is 5.84. The van der Waals surface area contributed by atoms with E-state index in [0.717, 1.165) is 42.4 Å². The summed E-state index contributed by atoms with van der Waals surface area (Å²) in [7, 11) is 0. The third-order valence-corrected chi connectivity index (χ3v) is 4.81.